The van der Waals surface area contributed by atoms with Crippen molar-refractivity contribution in [1.82, 2.24) is 34.8 Å². The topological polar surface area (TPSA) is 90.5 Å². The highest BCUT2D eigenvalue weighted by Gasteiger charge is 2.22. The van der Waals surface area contributed by atoms with E-state index in [4.69, 9.17) is 0 Å². The zero-order chi connectivity index (χ0) is 20.4. The Labute approximate surface area is 170 Å². The molecular formula is C21H27N7O. The van der Waals surface area contributed by atoms with E-state index in [2.05, 4.69) is 30.2 Å². The molecule has 152 valence electrons. The van der Waals surface area contributed by atoms with Crippen molar-refractivity contribution < 1.29 is 4.79 Å². The van der Waals surface area contributed by atoms with E-state index in [0.29, 0.717) is 6.42 Å². The molecule has 4 rings (SSSR count). The van der Waals surface area contributed by atoms with Gasteiger partial charge in [-0.15, -0.1) is 10.2 Å². The van der Waals surface area contributed by atoms with Gasteiger partial charge in [0, 0.05) is 56.1 Å². The van der Waals surface area contributed by atoms with E-state index >= 15 is 0 Å². The Morgan fingerprint density at radius 3 is 2.86 bits per heavy atom. The summed E-state index contributed by atoms with van der Waals surface area (Å²) < 4.78 is 4.04. The highest BCUT2D eigenvalue weighted by molar-refractivity contribution is 5.76. The van der Waals surface area contributed by atoms with E-state index in [1.165, 1.54) is 5.56 Å². The van der Waals surface area contributed by atoms with Crippen molar-refractivity contribution in [1.29, 1.82) is 0 Å². The lowest BCUT2D eigenvalue weighted by Gasteiger charge is -2.16. The lowest BCUT2D eigenvalue weighted by molar-refractivity contribution is -0.121. The van der Waals surface area contributed by atoms with Gasteiger partial charge >= 0.3 is 0 Å². The number of nitrogens with zero attached hydrogens (tertiary/aromatic N) is 6. The van der Waals surface area contributed by atoms with Crippen LogP contribution < -0.4 is 5.32 Å². The van der Waals surface area contributed by atoms with Crippen LogP contribution in [0, 0.1) is 13.8 Å². The number of rotatable bonds is 5. The second kappa shape index (κ2) is 8.14. The van der Waals surface area contributed by atoms with E-state index in [9.17, 15) is 4.79 Å². The first-order chi connectivity index (χ1) is 14.0. The predicted molar refractivity (Wildman–Crippen MR) is 109 cm³/mol. The Morgan fingerprint density at radius 1 is 1.28 bits per heavy atom. The minimum Gasteiger partial charge on any atom is -0.353 e. The summed E-state index contributed by atoms with van der Waals surface area (Å²) >= 11 is 0. The molecular weight excluding hydrogens is 366 g/mol. The molecule has 4 heterocycles. The molecule has 0 spiro atoms. The van der Waals surface area contributed by atoms with Gasteiger partial charge in [-0.1, -0.05) is 0 Å². The number of fused-ring (bicyclic) bond motifs is 1. The summed E-state index contributed by atoms with van der Waals surface area (Å²) in [6, 6.07) is 4.06. The van der Waals surface area contributed by atoms with Gasteiger partial charge in [0.2, 0.25) is 5.91 Å². The third-order valence-corrected chi connectivity index (χ3v) is 5.79. The van der Waals surface area contributed by atoms with Crippen molar-refractivity contribution in [3.05, 3.63) is 47.3 Å². The van der Waals surface area contributed by atoms with Crippen molar-refractivity contribution in [3.8, 4) is 11.4 Å². The van der Waals surface area contributed by atoms with Crippen LogP contribution in [0.2, 0.25) is 0 Å². The number of carbonyl (C=O) groups is 1. The minimum absolute atomic E-state index is 0.0998. The van der Waals surface area contributed by atoms with Gasteiger partial charge in [0.25, 0.3) is 0 Å². The molecule has 1 aliphatic heterocycles. The second-order valence-corrected chi connectivity index (χ2v) is 7.70. The largest absolute Gasteiger partial charge is 0.353 e. The van der Waals surface area contributed by atoms with Gasteiger partial charge in [-0.3, -0.25) is 14.5 Å². The molecule has 0 bridgehead atoms. The van der Waals surface area contributed by atoms with Crippen LogP contribution in [0.15, 0.2) is 24.5 Å². The summed E-state index contributed by atoms with van der Waals surface area (Å²) in [6.45, 7) is 4.84. The van der Waals surface area contributed by atoms with Gasteiger partial charge in [-0.2, -0.15) is 5.10 Å². The monoisotopic (exact) mass is 393 g/mol. The van der Waals surface area contributed by atoms with Crippen LogP contribution in [-0.2, 0) is 31.2 Å². The molecule has 1 amide bonds. The fourth-order valence-electron chi connectivity index (χ4n) is 4.06. The molecule has 1 unspecified atom stereocenters. The van der Waals surface area contributed by atoms with E-state index in [1.807, 2.05) is 43.9 Å². The van der Waals surface area contributed by atoms with Crippen molar-refractivity contribution >= 4 is 5.91 Å². The van der Waals surface area contributed by atoms with E-state index < -0.39 is 0 Å². The highest BCUT2D eigenvalue weighted by Crippen LogP contribution is 2.22. The van der Waals surface area contributed by atoms with Gasteiger partial charge in [-0.25, -0.2) is 0 Å². The van der Waals surface area contributed by atoms with Crippen LogP contribution in [0.3, 0.4) is 0 Å². The van der Waals surface area contributed by atoms with Gasteiger partial charge in [-0.05, 0) is 50.8 Å². The molecule has 8 nitrogen and oxygen atoms in total. The standard InChI is InChI=1S/C21H27N7O/c1-14-18(15(2)27(3)26-14)7-9-20(29)23-17-6-8-19-24-25-21(28(19)12-10-17)16-5-4-11-22-13-16/h4-5,11,13,17H,6-10,12H2,1-3H3,(H,23,29). The number of amides is 1. The van der Waals surface area contributed by atoms with Crippen molar-refractivity contribution in [3.63, 3.8) is 0 Å². The third kappa shape index (κ3) is 4.06. The SMILES string of the molecule is Cc1nn(C)c(C)c1CCC(=O)NC1CCc2nnc(-c3cccnc3)n2CC1. The molecule has 1 aliphatic rings. The van der Waals surface area contributed by atoms with Crippen LogP contribution in [-0.4, -0.2) is 41.5 Å². The Bertz CT molecular complexity index is 1010. The fraction of sp³-hybridized carbons (Fsp3) is 0.476. The van der Waals surface area contributed by atoms with Crippen molar-refractivity contribution in [2.45, 2.75) is 58.5 Å². The predicted octanol–water partition coefficient (Wildman–Crippen LogP) is 2.14. The number of carbonyl (C=O) groups excluding carboxylic acids is 1. The molecule has 3 aromatic heterocycles. The molecule has 0 aliphatic carbocycles. The Kier molecular flexibility index (Phi) is 5.42. The minimum atomic E-state index is 0.0998. The van der Waals surface area contributed by atoms with Crippen molar-refractivity contribution in [2.75, 3.05) is 0 Å². The number of hydrogen-bond acceptors (Lipinski definition) is 5. The van der Waals surface area contributed by atoms with Gasteiger partial charge < -0.3 is 9.88 Å². The molecule has 0 saturated heterocycles. The zero-order valence-electron chi connectivity index (χ0n) is 17.2. The average molecular weight is 393 g/mol. The summed E-state index contributed by atoms with van der Waals surface area (Å²) in [5.74, 6) is 1.92. The summed E-state index contributed by atoms with van der Waals surface area (Å²) in [5, 5.41) is 16.4. The Morgan fingerprint density at radius 2 is 2.14 bits per heavy atom. The maximum absolute atomic E-state index is 12.5. The van der Waals surface area contributed by atoms with E-state index in [1.54, 1.807) is 6.20 Å². The van der Waals surface area contributed by atoms with Crippen LogP contribution in [0.1, 0.15) is 42.0 Å². The summed E-state index contributed by atoms with van der Waals surface area (Å²) in [4.78, 5) is 16.7. The first-order valence-electron chi connectivity index (χ1n) is 10.1. The summed E-state index contributed by atoms with van der Waals surface area (Å²) in [5.41, 5.74) is 4.28. The smallest absolute Gasteiger partial charge is 0.220 e. The lowest BCUT2D eigenvalue weighted by atomic mass is 10.1. The molecule has 0 saturated carbocycles. The maximum atomic E-state index is 12.5. The van der Waals surface area contributed by atoms with E-state index in [-0.39, 0.29) is 11.9 Å². The number of aryl methyl sites for hydroxylation is 3. The Hall–Kier alpha value is -3.03. The van der Waals surface area contributed by atoms with Gasteiger partial charge in [0.15, 0.2) is 5.82 Å². The number of pyridine rings is 1. The molecule has 0 radical (unpaired) electrons. The third-order valence-electron chi connectivity index (χ3n) is 5.79. The fourth-order valence-corrected chi connectivity index (χ4v) is 4.06. The molecule has 8 heteroatoms. The molecule has 1 atom stereocenters. The van der Waals surface area contributed by atoms with Crippen LogP contribution in [0.25, 0.3) is 11.4 Å². The molecule has 1 N–H and O–H groups in total. The average Bonchev–Trinajstić information content (AvgIpc) is 3.15. The molecule has 0 fully saturated rings. The normalized spacial score (nSPS) is 16.3. The molecule has 3 aromatic rings. The van der Waals surface area contributed by atoms with Crippen LogP contribution in [0.5, 0.6) is 0 Å². The first-order valence-corrected chi connectivity index (χ1v) is 10.1. The number of aromatic nitrogens is 6. The number of nitrogens with one attached hydrogen (secondary N) is 1. The zero-order valence-corrected chi connectivity index (χ0v) is 17.2. The van der Waals surface area contributed by atoms with Crippen LogP contribution >= 0.6 is 0 Å². The lowest BCUT2D eigenvalue weighted by Crippen LogP contribution is -2.35. The first kappa shape index (κ1) is 19.3. The Balaban J connectivity index is 1.35. The van der Waals surface area contributed by atoms with Gasteiger partial charge in [0.1, 0.15) is 5.82 Å². The second-order valence-electron chi connectivity index (χ2n) is 7.70. The molecule has 0 aromatic carbocycles. The molecule has 29 heavy (non-hydrogen) atoms. The van der Waals surface area contributed by atoms with Crippen molar-refractivity contribution in [2.24, 2.45) is 7.05 Å². The van der Waals surface area contributed by atoms with Gasteiger partial charge in [0.05, 0.1) is 5.69 Å². The summed E-state index contributed by atoms with van der Waals surface area (Å²) in [6.07, 6.45) is 7.32. The maximum Gasteiger partial charge on any atom is 0.220 e. The van der Waals surface area contributed by atoms with Crippen LogP contribution in [0.4, 0.5) is 0 Å². The van der Waals surface area contributed by atoms with E-state index in [0.717, 1.165) is 60.8 Å². The number of hydrogen-bond donors (Lipinski definition) is 1. The highest BCUT2D eigenvalue weighted by atomic mass is 16.1. The quantitative estimate of drug-likeness (QED) is 0.717. The summed E-state index contributed by atoms with van der Waals surface area (Å²) in [7, 11) is 1.94.